The number of nitrogens with zero attached hydrogens (tertiary/aromatic N) is 2. The van der Waals surface area contributed by atoms with Crippen LogP contribution in [0.4, 0.5) is 0 Å². The Morgan fingerprint density at radius 1 is 1.04 bits per heavy atom. The zero-order valence-electron chi connectivity index (χ0n) is 15.7. The first-order valence-corrected chi connectivity index (χ1v) is 9.28. The summed E-state index contributed by atoms with van der Waals surface area (Å²) in [6.07, 6.45) is 0.298. The molecule has 0 aliphatic carbocycles. The van der Waals surface area contributed by atoms with E-state index in [1.807, 2.05) is 6.07 Å². The normalized spacial score (nSPS) is 24.1. The number of amides is 4. The summed E-state index contributed by atoms with van der Waals surface area (Å²) >= 11 is 0. The average molecular weight is 369 g/mol. The van der Waals surface area contributed by atoms with Crippen molar-refractivity contribution >= 4 is 23.6 Å². The Hall–Kier alpha value is -2.54. The molecule has 0 saturated carbocycles. The predicted octanol–water partition coefficient (Wildman–Crippen LogP) is 1.29. The minimum atomic E-state index is -0.921. The van der Waals surface area contributed by atoms with Crippen molar-refractivity contribution in [2.24, 2.45) is 0 Å². The maximum atomic E-state index is 13.1. The number of likely N-dealkylation sites (tertiary alicyclic amines) is 1. The van der Waals surface area contributed by atoms with Gasteiger partial charge in [-0.3, -0.25) is 34.3 Å². The fourth-order valence-electron chi connectivity index (χ4n) is 4.10. The summed E-state index contributed by atoms with van der Waals surface area (Å²) in [5.41, 5.74) is 1.72. The van der Waals surface area contributed by atoms with Gasteiger partial charge in [-0.1, -0.05) is 12.1 Å². The van der Waals surface area contributed by atoms with Gasteiger partial charge in [0.2, 0.25) is 11.8 Å². The zero-order chi connectivity index (χ0) is 19.5. The number of imide groups is 2. The SMILES string of the molecule is CC(C)(C)N1CC(c2cccc3c2C(=O)N(C2CCC(=O)NC2=O)C3=O)C1. The van der Waals surface area contributed by atoms with E-state index in [2.05, 4.69) is 31.0 Å². The summed E-state index contributed by atoms with van der Waals surface area (Å²) in [6, 6.07) is 4.43. The Balaban J connectivity index is 1.63. The molecule has 0 bridgehead atoms. The third kappa shape index (κ3) is 2.77. The molecule has 0 aromatic heterocycles. The van der Waals surface area contributed by atoms with Gasteiger partial charge in [0.15, 0.2) is 0 Å². The van der Waals surface area contributed by atoms with Crippen molar-refractivity contribution in [3.63, 3.8) is 0 Å². The van der Waals surface area contributed by atoms with Crippen molar-refractivity contribution in [2.45, 2.75) is 51.1 Å². The van der Waals surface area contributed by atoms with E-state index in [9.17, 15) is 19.2 Å². The van der Waals surface area contributed by atoms with Crippen LogP contribution < -0.4 is 5.32 Å². The van der Waals surface area contributed by atoms with Crippen LogP contribution in [0.3, 0.4) is 0 Å². The zero-order valence-corrected chi connectivity index (χ0v) is 15.7. The highest BCUT2D eigenvalue weighted by molar-refractivity contribution is 6.24. The fraction of sp³-hybridized carbons (Fsp3) is 0.500. The van der Waals surface area contributed by atoms with Crippen molar-refractivity contribution in [3.05, 3.63) is 34.9 Å². The summed E-state index contributed by atoms with van der Waals surface area (Å²) in [5, 5.41) is 2.23. The minimum Gasteiger partial charge on any atom is -0.297 e. The van der Waals surface area contributed by atoms with E-state index in [-0.39, 0.29) is 30.2 Å². The van der Waals surface area contributed by atoms with E-state index in [4.69, 9.17) is 0 Å². The van der Waals surface area contributed by atoms with Crippen molar-refractivity contribution in [3.8, 4) is 0 Å². The van der Waals surface area contributed by atoms with Crippen molar-refractivity contribution in [1.82, 2.24) is 15.1 Å². The average Bonchev–Trinajstić information content (AvgIpc) is 2.78. The molecule has 1 aromatic carbocycles. The van der Waals surface area contributed by atoms with E-state index in [0.29, 0.717) is 11.1 Å². The topological polar surface area (TPSA) is 86.8 Å². The number of hydrogen-bond donors (Lipinski definition) is 1. The molecule has 1 atom stereocenters. The van der Waals surface area contributed by atoms with Crippen molar-refractivity contribution in [1.29, 1.82) is 0 Å². The summed E-state index contributed by atoms with van der Waals surface area (Å²) in [6.45, 7) is 8.12. The lowest BCUT2D eigenvalue weighted by atomic mass is 9.84. The van der Waals surface area contributed by atoms with E-state index >= 15 is 0 Å². The van der Waals surface area contributed by atoms with Crippen LogP contribution in [0.1, 0.15) is 65.8 Å². The number of carbonyl (C=O) groups is 4. The minimum absolute atomic E-state index is 0.0625. The number of fused-ring (bicyclic) bond motifs is 1. The van der Waals surface area contributed by atoms with E-state index in [1.54, 1.807) is 12.1 Å². The van der Waals surface area contributed by atoms with E-state index in [1.165, 1.54) is 0 Å². The third-order valence-corrected chi connectivity index (χ3v) is 5.77. The van der Waals surface area contributed by atoms with Gasteiger partial charge in [0.05, 0.1) is 11.1 Å². The van der Waals surface area contributed by atoms with Crippen LogP contribution >= 0.6 is 0 Å². The van der Waals surface area contributed by atoms with Crippen LogP contribution in [0.5, 0.6) is 0 Å². The van der Waals surface area contributed by atoms with Crippen LogP contribution in [0, 0.1) is 0 Å². The molecule has 3 aliphatic rings. The standard InChI is InChI=1S/C20H23N3O4/c1-20(2,3)22-9-11(10-22)12-5-4-6-13-16(12)19(27)23(18(13)26)14-7-8-15(24)21-17(14)25/h4-6,11,14H,7-10H2,1-3H3,(H,21,24,25). The van der Waals surface area contributed by atoms with Gasteiger partial charge < -0.3 is 0 Å². The molecule has 2 fully saturated rings. The van der Waals surface area contributed by atoms with Crippen LogP contribution in [-0.4, -0.2) is 58.1 Å². The van der Waals surface area contributed by atoms with Gasteiger partial charge in [0, 0.05) is 31.0 Å². The first kappa shape index (κ1) is 17.9. The number of carbonyl (C=O) groups excluding carboxylic acids is 4. The first-order valence-electron chi connectivity index (χ1n) is 9.28. The molecule has 4 rings (SSSR count). The van der Waals surface area contributed by atoms with Crippen LogP contribution in [-0.2, 0) is 9.59 Å². The number of hydrogen-bond acceptors (Lipinski definition) is 5. The van der Waals surface area contributed by atoms with Crippen LogP contribution in [0.25, 0.3) is 0 Å². The number of nitrogens with one attached hydrogen (secondary N) is 1. The molecule has 1 aromatic rings. The maximum Gasteiger partial charge on any atom is 0.262 e. The fourth-order valence-corrected chi connectivity index (χ4v) is 4.10. The molecule has 0 spiro atoms. The second-order valence-electron chi connectivity index (χ2n) is 8.49. The second kappa shape index (κ2) is 5.99. The Kier molecular flexibility index (Phi) is 3.96. The number of benzene rings is 1. The molecular formula is C20H23N3O4. The molecule has 7 heteroatoms. The molecular weight excluding hydrogens is 346 g/mol. The lowest BCUT2D eigenvalue weighted by Crippen LogP contribution is -2.55. The molecule has 1 unspecified atom stereocenters. The largest absolute Gasteiger partial charge is 0.297 e. The molecule has 2 saturated heterocycles. The molecule has 142 valence electrons. The molecule has 3 aliphatic heterocycles. The van der Waals surface area contributed by atoms with Crippen molar-refractivity contribution in [2.75, 3.05) is 13.1 Å². The molecule has 7 nitrogen and oxygen atoms in total. The van der Waals surface area contributed by atoms with Gasteiger partial charge in [-0.2, -0.15) is 0 Å². The van der Waals surface area contributed by atoms with E-state index < -0.39 is 23.8 Å². The van der Waals surface area contributed by atoms with Gasteiger partial charge in [-0.15, -0.1) is 0 Å². The van der Waals surface area contributed by atoms with Gasteiger partial charge in [-0.25, -0.2) is 0 Å². The molecule has 0 radical (unpaired) electrons. The number of piperidine rings is 1. The third-order valence-electron chi connectivity index (χ3n) is 5.77. The van der Waals surface area contributed by atoms with Crippen LogP contribution in [0.15, 0.2) is 18.2 Å². The highest BCUT2D eigenvalue weighted by Gasteiger charge is 2.47. The maximum absolute atomic E-state index is 13.1. The monoisotopic (exact) mass is 369 g/mol. The van der Waals surface area contributed by atoms with Gasteiger partial charge in [-0.05, 0) is 38.8 Å². The highest BCUT2D eigenvalue weighted by Crippen LogP contribution is 2.38. The van der Waals surface area contributed by atoms with Gasteiger partial charge in [0.1, 0.15) is 6.04 Å². The molecule has 3 heterocycles. The molecule has 4 amide bonds. The number of rotatable bonds is 2. The highest BCUT2D eigenvalue weighted by atomic mass is 16.2. The van der Waals surface area contributed by atoms with Gasteiger partial charge >= 0.3 is 0 Å². The second-order valence-corrected chi connectivity index (χ2v) is 8.49. The first-order chi connectivity index (χ1) is 12.7. The molecule has 1 N–H and O–H groups in total. The Morgan fingerprint density at radius 2 is 1.74 bits per heavy atom. The summed E-state index contributed by atoms with van der Waals surface area (Å²) in [5.74, 6) is -1.62. The summed E-state index contributed by atoms with van der Waals surface area (Å²) in [4.78, 5) is 52.9. The summed E-state index contributed by atoms with van der Waals surface area (Å²) in [7, 11) is 0. The van der Waals surface area contributed by atoms with Gasteiger partial charge in [0.25, 0.3) is 11.8 Å². The van der Waals surface area contributed by atoms with E-state index in [0.717, 1.165) is 23.6 Å². The quantitative estimate of drug-likeness (QED) is 0.794. The van der Waals surface area contributed by atoms with Crippen molar-refractivity contribution < 1.29 is 19.2 Å². The predicted molar refractivity (Wildman–Crippen MR) is 97.2 cm³/mol. The Morgan fingerprint density at radius 3 is 2.37 bits per heavy atom. The lowest BCUT2D eigenvalue weighted by molar-refractivity contribution is -0.136. The Labute approximate surface area is 157 Å². The smallest absolute Gasteiger partial charge is 0.262 e. The lowest BCUT2D eigenvalue weighted by Gasteiger charge is -2.48. The van der Waals surface area contributed by atoms with Crippen LogP contribution in [0.2, 0.25) is 0 Å². The Bertz CT molecular complexity index is 864. The molecule has 27 heavy (non-hydrogen) atoms. The summed E-state index contributed by atoms with van der Waals surface area (Å²) < 4.78 is 0.